The summed E-state index contributed by atoms with van der Waals surface area (Å²) >= 11 is 0. The maximum atomic E-state index is 12.1. The fourth-order valence-electron chi connectivity index (χ4n) is 2.99. The van der Waals surface area contributed by atoms with Crippen molar-refractivity contribution in [2.24, 2.45) is 11.7 Å². The van der Waals surface area contributed by atoms with Crippen molar-refractivity contribution >= 4 is 18.3 Å². The number of hydrogen-bond acceptors (Lipinski definition) is 2. The molecule has 124 valence electrons. The van der Waals surface area contributed by atoms with Crippen LogP contribution in [0.2, 0.25) is 0 Å². The molecular formula is C18H29ClN2O. The van der Waals surface area contributed by atoms with Gasteiger partial charge in [0.1, 0.15) is 0 Å². The highest BCUT2D eigenvalue weighted by molar-refractivity contribution is 5.85. The van der Waals surface area contributed by atoms with E-state index in [1.54, 1.807) is 0 Å². The molecule has 2 rings (SSSR count). The van der Waals surface area contributed by atoms with E-state index in [-0.39, 0.29) is 18.3 Å². The minimum absolute atomic E-state index is 0. The van der Waals surface area contributed by atoms with Gasteiger partial charge in [0.15, 0.2) is 0 Å². The standard InChI is InChI=1S/C18H28N2O.ClH/c1-13(2)11-14-3-5-15(6-4-14)12-18(21)20-17-9-7-16(19)8-10-17;/h3-6,13,16-17H,7-12,19H2,1-2H3,(H,20,21);1H. The van der Waals surface area contributed by atoms with Crippen LogP contribution < -0.4 is 11.1 Å². The number of carbonyl (C=O) groups is 1. The molecule has 0 saturated heterocycles. The zero-order valence-electron chi connectivity index (χ0n) is 13.7. The van der Waals surface area contributed by atoms with E-state index in [9.17, 15) is 4.79 Å². The Kier molecular flexibility index (Phi) is 7.91. The van der Waals surface area contributed by atoms with Crippen molar-refractivity contribution in [3.8, 4) is 0 Å². The van der Waals surface area contributed by atoms with Crippen LogP contribution in [0, 0.1) is 5.92 Å². The lowest BCUT2D eigenvalue weighted by Crippen LogP contribution is -2.41. The van der Waals surface area contributed by atoms with Gasteiger partial charge in [-0.2, -0.15) is 0 Å². The number of nitrogens with two attached hydrogens (primary N) is 1. The largest absolute Gasteiger partial charge is 0.353 e. The summed E-state index contributed by atoms with van der Waals surface area (Å²) in [6.45, 7) is 4.44. The number of amides is 1. The molecule has 0 bridgehead atoms. The Morgan fingerprint density at radius 3 is 2.23 bits per heavy atom. The van der Waals surface area contributed by atoms with Gasteiger partial charge in [0.05, 0.1) is 6.42 Å². The predicted octanol–water partition coefficient (Wildman–Crippen LogP) is 3.24. The summed E-state index contributed by atoms with van der Waals surface area (Å²) in [5.74, 6) is 0.795. The van der Waals surface area contributed by atoms with Gasteiger partial charge in [-0.25, -0.2) is 0 Å². The highest BCUT2D eigenvalue weighted by Gasteiger charge is 2.19. The highest BCUT2D eigenvalue weighted by atomic mass is 35.5. The third-order valence-electron chi connectivity index (χ3n) is 4.17. The Morgan fingerprint density at radius 1 is 1.14 bits per heavy atom. The molecule has 3 N–H and O–H groups in total. The van der Waals surface area contributed by atoms with Gasteiger partial charge in [-0.15, -0.1) is 12.4 Å². The average Bonchev–Trinajstić information content (AvgIpc) is 2.43. The smallest absolute Gasteiger partial charge is 0.224 e. The lowest BCUT2D eigenvalue weighted by atomic mass is 9.91. The van der Waals surface area contributed by atoms with Crippen molar-refractivity contribution in [2.75, 3.05) is 0 Å². The molecule has 1 aromatic carbocycles. The van der Waals surface area contributed by atoms with E-state index >= 15 is 0 Å². The lowest BCUT2D eigenvalue weighted by Gasteiger charge is -2.26. The van der Waals surface area contributed by atoms with Crippen molar-refractivity contribution in [3.63, 3.8) is 0 Å². The van der Waals surface area contributed by atoms with Gasteiger partial charge in [0, 0.05) is 12.1 Å². The van der Waals surface area contributed by atoms with Crippen molar-refractivity contribution in [3.05, 3.63) is 35.4 Å². The van der Waals surface area contributed by atoms with Crippen LogP contribution in [-0.4, -0.2) is 18.0 Å². The van der Waals surface area contributed by atoms with Gasteiger partial charge in [0.25, 0.3) is 0 Å². The SMILES string of the molecule is CC(C)Cc1ccc(CC(=O)NC2CCC(N)CC2)cc1.Cl. The number of carbonyl (C=O) groups excluding carboxylic acids is 1. The third-order valence-corrected chi connectivity index (χ3v) is 4.17. The van der Waals surface area contributed by atoms with E-state index in [2.05, 4.69) is 43.4 Å². The molecule has 4 heteroatoms. The van der Waals surface area contributed by atoms with Gasteiger partial charge in [-0.05, 0) is 49.1 Å². The number of hydrogen-bond donors (Lipinski definition) is 2. The summed E-state index contributed by atoms with van der Waals surface area (Å²) in [7, 11) is 0. The number of nitrogens with one attached hydrogen (secondary N) is 1. The van der Waals surface area contributed by atoms with E-state index in [1.807, 2.05) is 0 Å². The molecule has 0 atom stereocenters. The van der Waals surface area contributed by atoms with E-state index in [4.69, 9.17) is 5.73 Å². The van der Waals surface area contributed by atoms with Gasteiger partial charge < -0.3 is 11.1 Å². The molecule has 1 aliphatic rings. The Hall–Kier alpha value is -1.06. The first-order valence-electron chi connectivity index (χ1n) is 8.15. The average molecular weight is 325 g/mol. The number of benzene rings is 1. The molecule has 3 nitrogen and oxygen atoms in total. The van der Waals surface area contributed by atoms with E-state index < -0.39 is 0 Å². The summed E-state index contributed by atoms with van der Waals surface area (Å²) < 4.78 is 0. The van der Waals surface area contributed by atoms with Crippen LogP contribution in [0.1, 0.15) is 50.7 Å². The van der Waals surface area contributed by atoms with E-state index in [1.165, 1.54) is 5.56 Å². The molecule has 0 heterocycles. The highest BCUT2D eigenvalue weighted by Crippen LogP contribution is 2.17. The predicted molar refractivity (Wildman–Crippen MR) is 94.3 cm³/mol. The summed E-state index contributed by atoms with van der Waals surface area (Å²) in [5, 5.41) is 3.14. The molecular weight excluding hydrogens is 296 g/mol. The molecule has 1 aliphatic carbocycles. The number of rotatable bonds is 5. The summed E-state index contributed by atoms with van der Waals surface area (Å²) in [4.78, 5) is 12.1. The minimum atomic E-state index is 0. The molecule has 1 fully saturated rings. The first-order valence-corrected chi connectivity index (χ1v) is 8.15. The van der Waals surface area contributed by atoms with Crippen LogP contribution in [0.15, 0.2) is 24.3 Å². The second kappa shape index (κ2) is 9.16. The second-order valence-electron chi connectivity index (χ2n) is 6.77. The molecule has 22 heavy (non-hydrogen) atoms. The molecule has 0 spiro atoms. The van der Waals surface area contributed by atoms with Gasteiger partial charge in [0.2, 0.25) is 5.91 Å². The van der Waals surface area contributed by atoms with Gasteiger partial charge in [-0.3, -0.25) is 4.79 Å². The molecule has 1 amide bonds. The summed E-state index contributed by atoms with van der Waals surface area (Å²) in [6.07, 6.45) is 5.64. The Morgan fingerprint density at radius 2 is 1.68 bits per heavy atom. The first-order chi connectivity index (χ1) is 10.0. The molecule has 0 aromatic heterocycles. The molecule has 0 radical (unpaired) electrons. The Bertz CT molecular complexity index is 451. The van der Waals surface area contributed by atoms with Crippen molar-refractivity contribution in [2.45, 2.75) is 64.5 Å². The summed E-state index contributed by atoms with van der Waals surface area (Å²) in [6, 6.07) is 9.08. The van der Waals surface area contributed by atoms with Crippen molar-refractivity contribution in [1.82, 2.24) is 5.32 Å². The third kappa shape index (κ3) is 6.37. The molecule has 0 unspecified atom stereocenters. The maximum Gasteiger partial charge on any atom is 0.224 e. The molecule has 0 aliphatic heterocycles. The van der Waals surface area contributed by atoms with Crippen LogP contribution in [0.25, 0.3) is 0 Å². The fraction of sp³-hybridized carbons (Fsp3) is 0.611. The number of halogens is 1. The first kappa shape index (κ1) is 19.0. The Labute approximate surface area is 140 Å². The van der Waals surface area contributed by atoms with Crippen LogP contribution in [0.3, 0.4) is 0 Å². The van der Waals surface area contributed by atoms with Crippen molar-refractivity contribution in [1.29, 1.82) is 0 Å². The second-order valence-corrected chi connectivity index (χ2v) is 6.77. The van der Waals surface area contributed by atoms with Crippen LogP contribution in [-0.2, 0) is 17.6 Å². The maximum absolute atomic E-state index is 12.1. The normalized spacial score (nSPS) is 21.3. The van der Waals surface area contributed by atoms with Crippen LogP contribution in [0.5, 0.6) is 0 Å². The van der Waals surface area contributed by atoms with Crippen LogP contribution >= 0.6 is 12.4 Å². The fourth-order valence-corrected chi connectivity index (χ4v) is 2.99. The molecule has 1 aromatic rings. The topological polar surface area (TPSA) is 55.1 Å². The molecule has 1 saturated carbocycles. The monoisotopic (exact) mass is 324 g/mol. The van der Waals surface area contributed by atoms with Crippen LogP contribution in [0.4, 0.5) is 0 Å². The van der Waals surface area contributed by atoms with Gasteiger partial charge >= 0.3 is 0 Å². The van der Waals surface area contributed by atoms with E-state index in [0.29, 0.717) is 24.4 Å². The lowest BCUT2D eigenvalue weighted by molar-refractivity contribution is -0.121. The van der Waals surface area contributed by atoms with Gasteiger partial charge in [-0.1, -0.05) is 38.1 Å². The zero-order valence-corrected chi connectivity index (χ0v) is 14.5. The minimum Gasteiger partial charge on any atom is -0.353 e. The Balaban J connectivity index is 0.00000242. The van der Waals surface area contributed by atoms with Crippen molar-refractivity contribution < 1.29 is 4.79 Å². The summed E-state index contributed by atoms with van der Waals surface area (Å²) in [5.41, 5.74) is 8.32. The quantitative estimate of drug-likeness (QED) is 0.873. The van der Waals surface area contributed by atoms with E-state index in [0.717, 1.165) is 37.7 Å². The zero-order chi connectivity index (χ0) is 15.2.